The van der Waals surface area contributed by atoms with E-state index in [9.17, 15) is 0 Å². The SMILES string of the molecule is c1ccc(-c2cccc(-c3cc(-c4ccccc4-c4ccccc4)cc(-n4c5ccccc5c5ccc6c7ccccc7n(-c7nc(-c8ccccc8)nc(-c8cccc(-c9ccccc9)c8)n7)c6c54)c3)c2)cc1.c1ccc(-c2cccc(-c3cc(-c4ccccc4-c4ccccc4)cc(-n4c5ccccc5c5ccc6c7ccccc7n(-c7nc(-c8ccccc8)nc(-c8ccccc8-c8ccccc8)n7)c6c54)c3)c2)cc1. The minimum absolute atomic E-state index is 0.538. The number of benzene rings is 22. The van der Waals surface area contributed by atoms with Gasteiger partial charge in [0, 0.05) is 76.7 Å². The summed E-state index contributed by atoms with van der Waals surface area (Å²) in [5, 5.41) is 9.00. The first-order valence-corrected chi connectivity index (χ1v) is 50.2. The van der Waals surface area contributed by atoms with Gasteiger partial charge in [-0.2, -0.15) is 19.9 Å². The number of hydrogen-bond acceptors (Lipinski definition) is 6. The summed E-state index contributed by atoms with van der Waals surface area (Å²) in [7, 11) is 0. The van der Waals surface area contributed by atoms with Gasteiger partial charge in [0.25, 0.3) is 0 Å². The molecule has 10 heteroatoms. The van der Waals surface area contributed by atoms with E-state index < -0.39 is 0 Å². The van der Waals surface area contributed by atoms with Gasteiger partial charge in [-0.3, -0.25) is 9.13 Å². The number of nitrogens with zero attached hydrogens (tertiary/aromatic N) is 10. The average Bonchev–Trinajstić information content (AvgIpc) is 1.54. The predicted octanol–water partition coefficient (Wildman–Crippen LogP) is 35.5. The van der Waals surface area contributed by atoms with Gasteiger partial charge in [0.05, 0.1) is 44.1 Å². The van der Waals surface area contributed by atoms with Crippen molar-refractivity contribution < 1.29 is 0 Å². The molecule has 0 unspecified atom stereocenters. The van der Waals surface area contributed by atoms with Gasteiger partial charge in [-0.1, -0.05) is 467 Å². The molecule has 692 valence electrons. The van der Waals surface area contributed by atoms with Gasteiger partial charge in [-0.05, 0) is 190 Å². The molecule has 6 aromatic heterocycles. The van der Waals surface area contributed by atoms with Crippen LogP contribution in [-0.2, 0) is 0 Å². The van der Waals surface area contributed by atoms with E-state index in [1.54, 1.807) is 0 Å². The van der Waals surface area contributed by atoms with Crippen LogP contribution >= 0.6 is 0 Å². The van der Waals surface area contributed by atoms with Crippen LogP contribution in [-0.4, -0.2) is 48.2 Å². The largest absolute Gasteiger partial charge is 0.307 e. The van der Waals surface area contributed by atoms with E-state index in [1.807, 2.05) is 48.5 Å². The molecular formula is C138H90N10. The molecule has 0 amide bonds. The highest BCUT2D eigenvalue weighted by Crippen LogP contribution is 2.49. The van der Waals surface area contributed by atoms with Gasteiger partial charge in [0.1, 0.15) is 0 Å². The molecule has 28 rings (SSSR count). The van der Waals surface area contributed by atoms with E-state index in [-0.39, 0.29) is 0 Å². The molecule has 0 saturated heterocycles. The number of fused-ring (bicyclic) bond motifs is 14. The van der Waals surface area contributed by atoms with Crippen LogP contribution in [0.4, 0.5) is 0 Å². The first-order valence-electron chi connectivity index (χ1n) is 50.2. The Bertz CT molecular complexity index is 9950. The van der Waals surface area contributed by atoms with Crippen molar-refractivity contribution in [3.63, 3.8) is 0 Å². The summed E-state index contributed by atoms with van der Waals surface area (Å²) in [5.41, 5.74) is 36.9. The van der Waals surface area contributed by atoms with Crippen molar-refractivity contribution in [2.45, 2.75) is 0 Å². The van der Waals surface area contributed by atoms with Gasteiger partial charge in [0.2, 0.25) is 11.9 Å². The zero-order valence-electron chi connectivity index (χ0n) is 80.4. The quantitative estimate of drug-likeness (QED) is 0.0849. The summed E-state index contributed by atoms with van der Waals surface area (Å²) in [6.45, 7) is 0. The highest BCUT2D eigenvalue weighted by atomic mass is 15.2. The van der Waals surface area contributed by atoms with Crippen LogP contribution in [0.2, 0.25) is 0 Å². The van der Waals surface area contributed by atoms with Crippen LogP contribution in [0.5, 0.6) is 0 Å². The molecule has 0 aliphatic rings. The summed E-state index contributed by atoms with van der Waals surface area (Å²) in [6, 6.07) is 195. The molecule has 0 bridgehead atoms. The van der Waals surface area contributed by atoms with Gasteiger partial charge >= 0.3 is 0 Å². The Balaban J connectivity index is 0.000000146. The van der Waals surface area contributed by atoms with Crippen LogP contribution in [0.25, 0.3) is 267 Å². The molecule has 0 N–H and O–H groups in total. The lowest BCUT2D eigenvalue weighted by atomic mass is 9.91. The Morgan fingerprint density at radius 2 is 0.324 bits per heavy atom. The first-order chi connectivity index (χ1) is 73.4. The average molecular weight is 1890 g/mol. The molecule has 148 heavy (non-hydrogen) atoms. The summed E-state index contributed by atoms with van der Waals surface area (Å²) >= 11 is 0. The molecule has 6 heterocycles. The van der Waals surface area contributed by atoms with Crippen LogP contribution in [0.15, 0.2) is 546 Å². The number of rotatable bonds is 18. The topological polar surface area (TPSA) is 97.1 Å². The second-order valence-electron chi connectivity index (χ2n) is 37.5. The van der Waals surface area contributed by atoms with Crippen LogP contribution in [0.3, 0.4) is 0 Å². The maximum atomic E-state index is 5.53. The van der Waals surface area contributed by atoms with Crippen LogP contribution in [0, 0.1) is 0 Å². The first kappa shape index (κ1) is 87.1. The molecule has 10 nitrogen and oxygen atoms in total. The molecule has 0 atom stereocenters. The third kappa shape index (κ3) is 15.8. The lowest BCUT2D eigenvalue weighted by Gasteiger charge is -2.17. The molecular weight excluding hydrogens is 1800 g/mol. The minimum atomic E-state index is 0.538. The second-order valence-corrected chi connectivity index (χ2v) is 37.5. The maximum Gasteiger partial charge on any atom is 0.238 e. The van der Waals surface area contributed by atoms with Crippen LogP contribution in [0.1, 0.15) is 0 Å². The minimum Gasteiger partial charge on any atom is -0.307 e. The van der Waals surface area contributed by atoms with E-state index in [0.29, 0.717) is 35.2 Å². The molecule has 0 aliphatic heterocycles. The number of para-hydroxylation sites is 4. The maximum absolute atomic E-state index is 5.53. The lowest BCUT2D eigenvalue weighted by Crippen LogP contribution is -2.07. The third-order valence-electron chi connectivity index (χ3n) is 28.7. The summed E-state index contributed by atoms with van der Waals surface area (Å²) in [6.07, 6.45) is 0. The molecule has 0 aliphatic carbocycles. The highest BCUT2D eigenvalue weighted by molar-refractivity contribution is 6.26. The van der Waals surface area contributed by atoms with Crippen molar-refractivity contribution in [3.8, 4) is 180 Å². The molecule has 0 radical (unpaired) electrons. The second kappa shape index (κ2) is 37.5. The van der Waals surface area contributed by atoms with E-state index >= 15 is 0 Å². The Morgan fingerprint density at radius 3 is 0.662 bits per heavy atom. The molecule has 0 spiro atoms. The summed E-state index contributed by atoms with van der Waals surface area (Å²) in [4.78, 5) is 32.4. The van der Waals surface area contributed by atoms with Crippen molar-refractivity contribution in [1.29, 1.82) is 0 Å². The van der Waals surface area contributed by atoms with Gasteiger partial charge in [-0.25, -0.2) is 9.97 Å². The number of hydrogen-bond donors (Lipinski definition) is 0. The Kier molecular flexibility index (Phi) is 22.1. The van der Waals surface area contributed by atoms with E-state index in [4.69, 9.17) is 29.9 Å². The monoisotopic (exact) mass is 1890 g/mol. The van der Waals surface area contributed by atoms with Crippen molar-refractivity contribution in [2.24, 2.45) is 0 Å². The van der Waals surface area contributed by atoms with Gasteiger partial charge < -0.3 is 9.13 Å². The van der Waals surface area contributed by atoms with E-state index in [0.717, 1.165) is 188 Å². The van der Waals surface area contributed by atoms with E-state index in [2.05, 4.69) is 516 Å². The standard InChI is InChI=1S/2C69H45N5/c1-5-21-46(22-6-1)50-29-19-31-52(41-50)54-43-55(58-34-14-13-33-57(58)48-25-9-3-10-26-48)45-56(44-54)73-63-37-17-15-35-59(63)61-39-40-62-60-36-16-18-38-64(60)74(66(62)65(61)73)69-71-67(49-27-11-4-12-28-49)70-68(72-69)53-32-20-30-51(42-53)47-23-7-2-8-24-47;1-5-22-46(23-6-1)50-30-21-31-51(42-50)52-43-53(57-34-14-13-32-55(57)47-24-7-2-8-25-47)45-54(44-52)73-63-38-19-17-35-58(63)60-40-41-61-59-36-18-20-39-64(59)74(66(61)65(60)73)69-71-67(49-28-11-4-12-29-49)70-68(72-69)62-37-16-15-33-56(62)48-26-9-3-10-27-48/h2*1-45H. The molecule has 28 aromatic rings. The zero-order valence-corrected chi connectivity index (χ0v) is 80.4. The lowest BCUT2D eigenvalue weighted by molar-refractivity contribution is 0.953. The molecule has 0 saturated carbocycles. The third-order valence-corrected chi connectivity index (χ3v) is 28.7. The summed E-state index contributed by atoms with van der Waals surface area (Å²) in [5.74, 6) is 3.46. The fourth-order valence-corrected chi connectivity index (χ4v) is 21.9. The Morgan fingerprint density at radius 1 is 0.115 bits per heavy atom. The fraction of sp³-hybridized carbons (Fsp3) is 0. The normalized spacial score (nSPS) is 11.5. The van der Waals surface area contributed by atoms with Crippen molar-refractivity contribution >= 4 is 87.2 Å². The van der Waals surface area contributed by atoms with Crippen molar-refractivity contribution in [2.75, 3.05) is 0 Å². The predicted molar refractivity (Wildman–Crippen MR) is 613 cm³/mol. The van der Waals surface area contributed by atoms with Gasteiger partial charge in [-0.15, -0.1) is 0 Å². The smallest absolute Gasteiger partial charge is 0.238 e. The molecule has 0 fully saturated rings. The molecule has 22 aromatic carbocycles. The van der Waals surface area contributed by atoms with Crippen molar-refractivity contribution in [3.05, 3.63) is 546 Å². The fourth-order valence-electron chi connectivity index (χ4n) is 21.9. The zero-order chi connectivity index (χ0) is 97.9. The Labute approximate surface area is 855 Å². The van der Waals surface area contributed by atoms with E-state index in [1.165, 1.54) is 44.5 Å². The summed E-state index contributed by atoms with van der Waals surface area (Å²) < 4.78 is 9.52. The highest BCUT2D eigenvalue weighted by Gasteiger charge is 2.30. The Hall–Kier alpha value is -19.9. The van der Waals surface area contributed by atoms with Gasteiger partial charge in [0.15, 0.2) is 23.3 Å². The van der Waals surface area contributed by atoms with Crippen LogP contribution < -0.4 is 0 Å². The van der Waals surface area contributed by atoms with Crippen molar-refractivity contribution in [1.82, 2.24) is 48.2 Å². The number of aromatic nitrogens is 10.